The summed E-state index contributed by atoms with van der Waals surface area (Å²) in [6.45, 7) is 0. The maximum Gasteiger partial charge on any atom is 0.274 e. The van der Waals surface area contributed by atoms with Crippen LogP contribution >= 0.6 is 35.6 Å². The van der Waals surface area contributed by atoms with Gasteiger partial charge in [-0.25, -0.2) is 23.6 Å². The number of hydroxylamine groups is 2. The fourth-order valence-electron chi connectivity index (χ4n) is 2.47. The van der Waals surface area contributed by atoms with E-state index in [1.807, 2.05) is 0 Å². The third-order valence-corrected chi connectivity index (χ3v) is 6.52. The largest absolute Gasteiger partial charge is 0.429 e. The summed E-state index contributed by atoms with van der Waals surface area (Å²) in [4.78, 5) is 4.46. The molecule has 0 saturated heterocycles. The predicted octanol–water partition coefficient (Wildman–Crippen LogP) is 4.00. The Morgan fingerprint density at radius 1 is 1.23 bits per heavy atom. The summed E-state index contributed by atoms with van der Waals surface area (Å²) in [7, 11) is -2.37. The van der Waals surface area contributed by atoms with Crippen molar-refractivity contribution in [3.05, 3.63) is 59.4 Å². The molecule has 1 heterocycles. The zero-order valence-electron chi connectivity index (χ0n) is 16.1. The Bertz CT molecular complexity index is 1260. The molecule has 0 spiro atoms. The first kappa shape index (κ1) is 23.3. The van der Waals surface area contributed by atoms with Crippen molar-refractivity contribution in [2.24, 2.45) is 5.14 Å². The second kappa shape index (κ2) is 9.82. The summed E-state index contributed by atoms with van der Waals surface area (Å²) in [6, 6.07) is 13.0. The van der Waals surface area contributed by atoms with Gasteiger partial charge in [0.15, 0.2) is 10.1 Å². The Morgan fingerprint density at radius 3 is 2.42 bits per heavy atom. The fraction of sp³-hybridized carbons (Fsp3) is 0.100. The monoisotopic (exact) mass is 493 g/mol. The summed E-state index contributed by atoms with van der Waals surface area (Å²) in [6.07, 6.45) is 0. The Kier molecular flexibility index (Phi) is 7.38. The van der Waals surface area contributed by atoms with Gasteiger partial charge in [-0.3, -0.25) is 5.21 Å². The van der Waals surface area contributed by atoms with E-state index in [1.54, 1.807) is 36.4 Å². The molecule has 3 rings (SSSR count). The Labute approximate surface area is 194 Å². The highest BCUT2D eigenvalue weighted by atomic mass is 35.5. The van der Waals surface area contributed by atoms with Gasteiger partial charge in [-0.05, 0) is 42.3 Å². The quantitative estimate of drug-likeness (QED) is 0.319. The maximum atomic E-state index is 11.5. The van der Waals surface area contributed by atoms with Crippen LogP contribution in [0, 0.1) is 11.8 Å². The number of nitrogens with zero attached hydrogens (tertiary/aromatic N) is 2. The van der Waals surface area contributed by atoms with Crippen molar-refractivity contribution in [1.82, 2.24) is 10.0 Å². The molecule has 1 aromatic heterocycles. The second-order valence-corrected chi connectivity index (χ2v) is 9.76. The van der Waals surface area contributed by atoms with Crippen molar-refractivity contribution in [2.75, 3.05) is 12.8 Å². The Balaban J connectivity index is 1.97. The topological polar surface area (TPSA) is 110 Å². The molecule has 11 heteroatoms. The van der Waals surface area contributed by atoms with Crippen molar-refractivity contribution in [3.8, 4) is 34.4 Å². The van der Waals surface area contributed by atoms with Crippen LogP contribution in [0.1, 0.15) is 5.89 Å². The van der Waals surface area contributed by atoms with Crippen LogP contribution in [-0.4, -0.2) is 40.8 Å². The van der Waals surface area contributed by atoms with E-state index < -0.39 is 10.0 Å². The molecule has 3 N–H and O–H groups in total. The summed E-state index contributed by atoms with van der Waals surface area (Å²) >= 11 is 12.2. The van der Waals surface area contributed by atoms with E-state index in [9.17, 15) is 13.6 Å². The molecule has 7 nitrogen and oxygen atoms in total. The zero-order valence-corrected chi connectivity index (χ0v) is 19.3. The lowest BCUT2D eigenvalue weighted by atomic mass is 10.1. The predicted molar refractivity (Wildman–Crippen MR) is 125 cm³/mol. The number of aromatic nitrogens is 1. The van der Waals surface area contributed by atoms with Crippen LogP contribution in [0.15, 0.2) is 57.8 Å². The number of halogens is 1. The van der Waals surface area contributed by atoms with Crippen molar-refractivity contribution in [2.45, 2.75) is 4.90 Å². The number of primary sulfonamides is 1. The molecular weight excluding hydrogens is 478 g/mol. The first-order valence-electron chi connectivity index (χ1n) is 8.63. The lowest BCUT2D eigenvalue weighted by Gasteiger charge is -2.07. The van der Waals surface area contributed by atoms with Gasteiger partial charge in [-0.2, -0.15) is 0 Å². The van der Waals surface area contributed by atoms with E-state index in [0.717, 1.165) is 10.6 Å². The second-order valence-electron chi connectivity index (χ2n) is 6.15. The first-order chi connectivity index (χ1) is 14.6. The molecule has 0 atom stereocenters. The number of oxazole rings is 1. The highest BCUT2D eigenvalue weighted by Crippen LogP contribution is 2.33. The smallest absolute Gasteiger partial charge is 0.274 e. The molecule has 2 aromatic carbocycles. The SMILES string of the molecule is CN(O)C(=S)SCC#Cc1nc(-c2ccc(S(N)(=O)=O)cc2)c(-c2ccc(Cl)cc2)o1. The minimum Gasteiger partial charge on any atom is -0.429 e. The van der Waals surface area contributed by atoms with Crippen LogP contribution in [0.25, 0.3) is 22.6 Å². The third kappa shape index (κ3) is 6.07. The van der Waals surface area contributed by atoms with Gasteiger partial charge < -0.3 is 4.42 Å². The average molecular weight is 494 g/mol. The van der Waals surface area contributed by atoms with Gasteiger partial charge in [-0.1, -0.05) is 53.6 Å². The van der Waals surface area contributed by atoms with Crippen LogP contribution in [0.5, 0.6) is 0 Å². The minimum absolute atomic E-state index is 0.00496. The van der Waals surface area contributed by atoms with Crippen molar-refractivity contribution in [1.29, 1.82) is 0 Å². The summed E-state index contributed by atoms with van der Waals surface area (Å²) < 4.78 is 29.2. The molecule has 0 fully saturated rings. The van der Waals surface area contributed by atoms with E-state index >= 15 is 0 Å². The molecule has 0 aliphatic carbocycles. The van der Waals surface area contributed by atoms with Crippen LogP contribution in [0.3, 0.4) is 0 Å². The molecule has 0 unspecified atom stereocenters. The van der Waals surface area contributed by atoms with Crippen LogP contribution < -0.4 is 5.14 Å². The van der Waals surface area contributed by atoms with Crippen LogP contribution in [0.4, 0.5) is 0 Å². The van der Waals surface area contributed by atoms with Crippen molar-refractivity contribution < 1.29 is 18.0 Å². The number of rotatable bonds is 4. The molecule has 0 saturated carbocycles. The molecule has 0 aliphatic rings. The molecular formula is C20H16ClN3O4S3. The van der Waals surface area contributed by atoms with Crippen LogP contribution in [-0.2, 0) is 10.0 Å². The summed E-state index contributed by atoms with van der Waals surface area (Å²) in [5.41, 5.74) is 1.85. The first-order valence-corrected chi connectivity index (χ1v) is 11.9. The summed E-state index contributed by atoms with van der Waals surface area (Å²) in [5, 5.41) is 15.8. The number of benzene rings is 2. The number of hydrogen-bond acceptors (Lipinski definition) is 7. The highest BCUT2D eigenvalue weighted by Gasteiger charge is 2.17. The molecule has 31 heavy (non-hydrogen) atoms. The normalized spacial score (nSPS) is 11.0. The molecule has 0 amide bonds. The van der Waals surface area contributed by atoms with Gasteiger partial charge in [0, 0.05) is 23.2 Å². The number of hydrogen-bond donors (Lipinski definition) is 2. The van der Waals surface area contributed by atoms with E-state index in [4.69, 9.17) is 33.4 Å². The van der Waals surface area contributed by atoms with Gasteiger partial charge in [0.2, 0.25) is 10.0 Å². The zero-order chi connectivity index (χ0) is 22.6. The van der Waals surface area contributed by atoms with Crippen molar-refractivity contribution in [3.63, 3.8) is 0 Å². The number of nitrogens with two attached hydrogens (primary N) is 1. The minimum atomic E-state index is -3.81. The maximum absolute atomic E-state index is 11.5. The third-order valence-electron chi connectivity index (χ3n) is 3.92. The lowest BCUT2D eigenvalue weighted by Crippen LogP contribution is -2.17. The van der Waals surface area contributed by atoms with Gasteiger partial charge >= 0.3 is 0 Å². The Morgan fingerprint density at radius 2 is 1.84 bits per heavy atom. The Hall–Kier alpha value is -2.39. The molecule has 0 radical (unpaired) electrons. The van der Waals surface area contributed by atoms with Gasteiger partial charge in [0.1, 0.15) is 5.69 Å². The average Bonchev–Trinajstić information content (AvgIpc) is 3.15. The number of thioether (sulfide) groups is 1. The number of sulfonamides is 1. The molecule has 0 aliphatic heterocycles. The van der Waals surface area contributed by atoms with E-state index in [2.05, 4.69) is 16.8 Å². The van der Waals surface area contributed by atoms with Crippen LogP contribution in [0.2, 0.25) is 5.02 Å². The van der Waals surface area contributed by atoms with Gasteiger partial charge in [0.05, 0.1) is 10.6 Å². The molecule has 160 valence electrons. The number of thiocarbonyl (C=S) groups is 1. The van der Waals surface area contributed by atoms with Gasteiger partial charge in [-0.15, -0.1) is 0 Å². The summed E-state index contributed by atoms with van der Waals surface area (Å²) in [5.74, 6) is 6.69. The van der Waals surface area contributed by atoms with E-state index in [0.29, 0.717) is 32.1 Å². The highest BCUT2D eigenvalue weighted by molar-refractivity contribution is 8.23. The lowest BCUT2D eigenvalue weighted by molar-refractivity contribution is 0.0205. The molecule has 0 bridgehead atoms. The fourth-order valence-corrected chi connectivity index (χ4v) is 3.74. The standard InChI is InChI=1S/C20H16ClN3O4S3/c1-24(25)20(29)30-12-2-3-17-23-18(13-6-10-16(11-7-13)31(22,26)27)19(28-17)14-4-8-15(21)9-5-14/h4-11,25H,12H2,1H3,(H2,22,26,27). The molecule has 3 aromatic rings. The van der Waals surface area contributed by atoms with E-state index in [1.165, 1.54) is 30.9 Å². The van der Waals surface area contributed by atoms with E-state index in [-0.39, 0.29) is 10.8 Å². The van der Waals surface area contributed by atoms with Crippen molar-refractivity contribution >= 4 is 49.9 Å². The van der Waals surface area contributed by atoms with Gasteiger partial charge in [0.25, 0.3) is 5.89 Å².